The van der Waals surface area contributed by atoms with Gasteiger partial charge in [-0.05, 0) is 26.3 Å². The Morgan fingerprint density at radius 1 is 1.50 bits per heavy atom. The van der Waals surface area contributed by atoms with Crippen molar-refractivity contribution >= 4 is 23.0 Å². The Morgan fingerprint density at radius 3 is 2.67 bits per heavy atom. The van der Waals surface area contributed by atoms with Crippen molar-refractivity contribution in [3.05, 3.63) is 27.0 Å². The summed E-state index contributed by atoms with van der Waals surface area (Å²) in [4.78, 5) is 16.6. The highest BCUT2D eigenvalue weighted by atomic mass is 35.5. The number of unbranched alkanes of at least 4 members (excludes halogenated alkanes) is 1. The number of hydrogen-bond donors (Lipinski definition) is 0. The summed E-state index contributed by atoms with van der Waals surface area (Å²) >= 11 is 5.89. The minimum absolute atomic E-state index is 0.0371. The zero-order valence-electron chi connectivity index (χ0n) is 10.9. The van der Waals surface area contributed by atoms with E-state index < -0.39 is 4.92 Å². The normalized spacial score (nSPS) is 10.4. The molecule has 1 rings (SSSR count). The standard InChI is InChI=1S/C12H18ClN3O2/c1-4-6-7-15(5-2)10-8-9(3)14-12(13)11(10)16(17)18/h8H,4-7H2,1-3H3. The Labute approximate surface area is 112 Å². The molecule has 1 aromatic rings. The van der Waals surface area contributed by atoms with Gasteiger partial charge in [0.05, 0.1) is 4.92 Å². The molecule has 0 saturated carbocycles. The third kappa shape index (κ3) is 3.32. The van der Waals surface area contributed by atoms with Crippen molar-refractivity contribution in [1.82, 2.24) is 4.98 Å². The lowest BCUT2D eigenvalue weighted by molar-refractivity contribution is -0.384. The molecule has 0 aliphatic heterocycles. The van der Waals surface area contributed by atoms with Crippen LogP contribution >= 0.6 is 11.6 Å². The number of rotatable bonds is 6. The summed E-state index contributed by atoms with van der Waals surface area (Å²) in [5.41, 5.74) is 1.16. The molecule has 0 atom stereocenters. The smallest absolute Gasteiger partial charge is 0.329 e. The first-order chi connectivity index (χ1) is 8.51. The fraction of sp³-hybridized carbons (Fsp3) is 0.583. The summed E-state index contributed by atoms with van der Waals surface area (Å²) in [7, 11) is 0. The quantitative estimate of drug-likeness (QED) is 0.451. The van der Waals surface area contributed by atoms with Gasteiger partial charge in [0.25, 0.3) is 0 Å². The predicted molar refractivity (Wildman–Crippen MR) is 73.4 cm³/mol. The molecule has 0 fully saturated rings. The lowest BCUT2D eigenvalue weighted by atomic mass is 10.2. The van der Waals surface area contributed by atoms with Crippen molar-refractivity contribution in [1.29, 1.82) is 0 Å². The second-order valence-electron chi connectivity index (χ2n) is 4.11. The van der Waals surface area contributed by atoms with Crippen LogP contribution in [0.15, 0.2) is 6.07 Å². The van der Waals surface area contributed by atoms with E-state index in [2.05, 4.69) is 11.9 Å². The number of hydrogen-bond acceptors (Lipinski definition) is 4. The number of pyridine rings is 1. The van der Waals surface area contributed by atoms with Crippen LogP contribution in [0.25, 0.3) is 0 Å². The first-order valence-corrected chi connectivity index (χ1v) is 6.45. The Morgan fingerprint density at radius 2 is 2.17 bits per heavy atom. The van der Waals surface area contributed by atoms with Gasteiger partial charge in [-0.15, -0.1) is 0 Å². The zero-order valence-corrected chi connectivity index (χ0v) is 11.7. The molecule has 18 heavy (non-hydrogen) atoms. The first kappa shape index (κ1) is 14.7. The fourth-order valence-electron chi connectivity index (χ4n) is 1.82. The predicted octanol–water partition coefficient (Wildman–Crippen LogP) is 3.58. The van der Waals surface area contributed by atoms with Gasteiger partial charge in [-0.25, -0.2) is 4.98 Å². The minimum Gasteiger partial charge on any atom is -0.366 e. The van der Waals surface area contributed by atoms with E-state index in [1.165, 1.54) is 0 Å². The fourth-order valence-corrected chi connectivity index (χ4v) is 2.12. The van der Waals surface area contributed by atoms with Crippen LogP contribution in [0.5, 0.6) is 0 Å². The molecular formula is C12H18ClN3O2. The summed E-state index contributed by atoms with van der Waals surface area (Å²) < 4.78 is 0. The third-order valence-corrected chi connectivity index (χ3v) is 3.01. The van der Waals surface area contributed by atoms with Gasteiger partial charge < -0.3 is 4.90 Å². The monoisotopic (exact) mass is 271 g/mol. The summed E-state index contributed by atoms with van der Waals surface area (Å²) in [6, 6.07) is 1.73. The lowest BCUT2D eigenvalue weighted by Crippen LogP contribution is -2.25. The second-order valence-corrected chi connectivity index (χ2v) is 4.47. The van der Waals surface area contributed by atoms with Crippen LogP contribution in [0.3, 0.4) is 0 Å². The Balaban J connectivity index is 3.22. The van der Waals surface area contributed by atoms with E-state index in [-0.39, 0.29) is 10.8 Å². The molecule has 1 aromatic heterocycles. The van der Waals surface area contributed by atoms with Crippen molar-refractivity contribution in [2.75, 3.05) is 18.0 Å². The van der Waals surface area contributed by atoms with Crippen LogP contribution in [0.2, 0.25) is 5.15 Å². The van der Waals surface area contributed by atoms with Gasteiger partial charge in [-0.3, -0.25) is 10.1 Å². The molecule has 1 heterocycles. The largest absolute Gasteiger partial charge is 0.366 e. The molecule has 6 heteroatoms. The summed E-state index contributed by atoms with van der Waals surface area (Å²) in [6.07, 6.45) is 2.03. The van der Waals surface area contributed by atoms with E-state index in [0.717, 1.165) is 19.4 Å². The number of nitro groups is 1. The second kappa shape index (κ2) is 6.54. The molecule has 0 aliphatic rings. The maximum Gasteiger partial charge on any atom is 0.329 e. The zero-order chi connectivity index (χ0) is 13.7. The van der Waals surface area contributed by atoms with Crippen LogP contribution in [0, 0.1) is 17.0 Å². The summed E-state index contributed by atoms with van der Waals surface area (Å²) in [6.45, 7) is 7.34. The topological polar surface area (TPSA) is 59.3 Å². The highest BCUT2D eigenvalue weighted by molar-refractivity contribution is 6.32. The van der Waals surface area contributed by atoms with Crippen molar-refractivity contribution in [2.45, 2.75) is 33.6 Å². The molecule has 0 spiro atoms. The molecule has 100 valence electrons. The van der Waals surface area contributed by atoms with Crippen LogP contribution in [0.4, 0.5) is 11.4 Å². The van der Waals surface area contributed by atoms with Gasteiger partial charge in [0, 0.05) is 18.8 Å². The number of anilines is 1. The van der Waals surface area contributed by atoms with Gasteiger partial charge in [0.15, 0.2) is 0 Å². The van der Waals surface area contributed by atoms with E-state index in [0.29, 0.717) is 17.9 Å². The number of aromatic nitrogens is 1. The van der Waals surface area contributed by atoms with Crippen molar-refractivity contribution in [3.63, 3.8) is 0 Å². The van der Waals surface area contributed by atoms with E-state index >= 15 is 0 Å². The maximum absolute atomic E-state index is 11.1. The van der Waals surface area contributed by atoms with Gasteiger partial charge >= 0.3 is 5.69 Å². The van der Waals surface area contributed by atoms with Gasteiger partial charge in [0.1, 0.15) is 5.69 Å². The highest BCUT2D eigenvalue weighted by Crippen LogP contribution is 2.34. The molecular weight excluding hydrogens is 254 g/mol. The van der Waals surface area contributed by atoms with Crippen molar-refractivity contribution in [3.8, 4) is 0 Å². The molecule has 5 nitrogen and oxygen atoms in total. The average Bonchev–Trinajstić information content (AvgIpc) is 2.28. The highest BCUT2D eigenvalue weighted by Gasteiger charge is 2.24. The number of halogens is 1. The minimum atomic E-state index is -0.460. The Kier molecular flexibility index (Phi) is 5.34. The lowest BCUT2D eigenvalue weighted by Gasteiger charge is -2.23. The van der Waals surface area contributed by atoms with Gasteiger partial charge in [-0.2, -0.15) is 0 Å². The SMILES string of the molecule is CCCCN(CC)c1cc(C)nc(Cl)c1[N+](=O)[O-]. The van der Waals surface area contributed by atoms with E-state index in [4.69, 9.17) is 11.6 Å². The van der Waals surface area contributed by atoms with Crippen LogP contribution in [-0.4, -0.2) is 23.0 Å². The molecule has 0 saturated heterocycles. The van der Waals surface area contributed by atoms with Gasteiger partial charge in [-0.1, -0.05) is 24.9 Å². The molecule has 0 amide bonds. The number of nitrogens with zero attached hydrogens (tertiary/aromatic N) is 3. The molecule has 0 aliphatic carbocycles. The molecule has 0 N–H and O–H groups in total. The molecule has 0 bridgehead atoms. The maximum atomic E-state index is 11.1. The molecule has 0 radical (unpaired) electrons. The summed E-state index contributed by atoms with van der Waals surface area (Å²) in [5, 5.41) is 11.1. The van der Waals surface area contributed by atoms with Gasteiger partial charge in [0.2, 0.25) is 5.15 Å². The van der Waals surface area contributed by atoms with E-state index in [1.54, 1.807) is 13.0 Å². The Hall–Kier alpha value is -1.36. The number of aryl methyl sites for hydroxylation is 1. The van der Waals surface area contributed by atoms with E-state index in [9.17, 15) is 10.1 Å². The Bertz CT molecular complexity index is 438. The summed E-state index contributed by atoms with van der Waals surface area (Å²) in [5.74, 6) is 0. The van der Waals surface area contributed by atoms with Crippen LogP contribution in [-0.2, 0) is 0 Å². The van der Waals surface area contributed by atoms with Crippen molar-refractivity contribution < 1.29 is 4.92 Å². The third-order valence-electron chi connectivity index (χ3n) is 2.74. The van der Waals surface area contributed by atoms with Crippen molar-refractivity contribution in [2.24, 2.45) is 0 Å². The molecule has 0 unspecified atom stereocenters. The molecule has 0 aromatic carbocycles. The van der Waals surface area contributed by atoms with Crippen LogP contribution in [0.1, 0.15) is 32.4 Å². The first-order valence-electron chi connectivity index (χ1n) is 6.07. The van der Waals surface area contributed by atoms with E-state index in [1.807, 2.05) is 11.8 Å². The van der Waals surface area contributed by atoms with Crippen LogP contribution < -0.4 is 4.90 Å². The average molecular weight is 272 g/mol.